The van der Waals surface area contributed by atoms with Crippen molar-refractivity contribution in [3.63, 3.8) is 0 Å². The summed E-state index contributed by atoms with van der Waals surface area (Å²) in [6.45, 7) is 2.35. The predicted octanol–water partition coefficient (Wildman–Crippen LogP) is 5.09. The summed E-state index contributed by atoms with van der Waals surface area (Å²) in [6.07, 6.45) is 12.4. The van der Waals surface area contributed by atoms with Crippen molar-refractivity contribution in [3.8, 4) is 0 Å². The molecule has 1 aromatic rings. The molecule has 21 heavy (non-hydrogen) atoms. The molecule has 4 fully saturated rings. The fraction of sp³-hybridized carbons (Fsp3) is 0.722. The van der Waals surface area contributed by atoms with Gasteiger partial charge in [0.25, 0.3) is 0 Å². The summed E-state index contributed by atoms with van der Waals surface area (Å²) in [6, 6.07) is 4.78. The van der Waals surface area contributed by atoms with Gasteiger partial charge in [0.05, 0.1) is 0 Å². The van der Waals surface area contributed by atoms with Crippen molar-refractivity contribution in [3.05, 3.63) is 21.9 Å². The van der Waals surface area contributed by atoms with Crippen LogP contribution in [0.1, 0.15) is 51.9 Å². The van der Waals surface area contributed by atoms with Crippen molar-refractivity contribution in [2.75, 3.05) is 5.32 Å². The maximum Gasteiger partial charge on any atom is 0.126 e. The highest BCUT2D eigenvalue weighted by molar-refractivity contribution is 14.1. The van der Waals surface area contributed by atoms with Gasteiger partial charge in [0.2, 0.25) is 0 Å². The summed E-state index contributed by atoms with van der Waals surface area (Å²) in [7, 11) is 0. The Labute approximate surface area is 141 Å². The highest BCUT2D eigenvalue weighted by Crippen LogP contribution is 2.61. The molecule has 3 heteroatoms. The van der Waals surface area contributed by atoms with Gasteiger partial charge in [-0.25, -0.2) is 4.98 Å². The van der Waals surface area contributed by atoms with Gasteiger partial charge in [-0.2, -0.15) is 0 Å². The van der Waals surface area contributed by atoms with Gasteiger partial charge in [-0.1, -0.05) is 0 Å². The van der Waals surface area contributed by atoms with E-state index in [4.69, 9.17) is 0 Å². The second kappa shape index (κ2) is 5.39. The van der Waals surface area contributed by atoms with Crippen molar-refractivity contribution in [2.24, 2.45) is 23.2 Å². The molecule has 0 aromatic carbocycles. The Morgan fingerprint density at radius 2 is 1.81 bits per heavy atom. The minimum atomic E-state index is 0.536. The van der Waals surface area contributed by atoms with Crippen LogP contribution < -0.4 is 5.32 Å². The van der Waals surface area contributed by atoms with Crippen molar-refractivity contribution < 1.29 is 0 Å². The van der Waals surface area contributed by atoms with Crippen LogP contribution >= 0.6 is 22.6 Å². The molecule has 1 aromatic heterocycles. The Bertz CT molecular complexity index is 475. The number of rotatable bonds is 4. The molecule has 0 radical (unpaired) electrons. The molecular weight excluding hydrogens is 371 g/mol. The standard InChI is InChI=1S/C18H25IN2/c1-12(21-17-3-2-16(19)11-20-17)7-18-8-13-4-14(9-18)6-15(5-13)10-18/h2-3,11-15H,4-10H2,1H3,(H,20,21). The lowest BCUT2D eigenvalue weighted by molar-refractivity contribution is -0.0587. The number of pyridine rings is 1. The van der Waals surface area contributed by atoms with Gasteiger partial charge in [0.15, 0.2) is 0 Å². The topological polar surface area (TPSA) is 24.9 Å². The van der Waals surface area contributed by atoms with E-state index in [-0.39, 0.29) is 0 Å². The third kappa shape index (κ3) is 2.95. The Morgan fingerprint density at radius 3 is 2.33 bits per heavy atom. The van der Waals surface area contributed by atoms with Gasteiger partial charge in [-0.3, -0.25) is 0 Å². The van der Waals surface area contributed by atoms with Gasteiger partial charge in [-0.05, 0) is 110 Å². The van der Waals surface area contributed by atoms with E-state index in [1.807, 2.05) is 6.20 Å². The summed E-state index contributed by atoms with van der Waals surface area (Å²) in [5.74, 6) is 4.20. The number of aromatic nitrogens is 1. The van der Waals surface area contributed by atoms with E-state index in [1.54, 1.807) is 19.3 Å². The summed E-state index contributed by atoms with van der Waals surface area (Å²) < 4.78 is 1.20. The summed E-state index contributed by atoms with van der Waals surface area (Å²) in [5, 5.41) is 3.63. The first-order valence-electron chi connectivity index (χ1n) is 8.48. The molecule has 2 nitrogen and oxygen atoms in total. The number of hydrogen-bond donors (Lipinski definition) is 1. The van der Waals surface area contributed by atoms with Crippen molar-refractivity contribution in [2.45, 2.75) is 57.9 Å². The molecule has 1 unspecified atom stereocenters. The quantitative estimate of drug-likeness (QED) is 0.717. The minimum absolute atomic E-state index is 0.536. The van der Waals surface area contributed by atoms with Crippen molar-refractivity contribution in [1.82, 2.24) is 4.98 Å². The molecule has 0 aliphatic heterocycles. The summed E-state index contributed by atoms with van der Waals surface area (Å²) in [4.78, 5) is 4.49. The van der Waals surface area contributed by atoms with Crippen LogP contribution in [0.5, 0.6) is 0 Å². The largest absolute Gasteiger partial charge is 0.368 e. The van der Waals surface area contributed by atoms with Crippen molar-refractivity contribution >= 4 is 28.4 Å². The molecule has 114 valence electrons. The van der Waals surface area contributed by atoms with E-state index in [1.165, 1.54) is 29.3 Å². The van der Waals surface area contributed by atoms with Crippen LogP contribution in [0.4, 0.5) is 5.82 Å². The lowest BCUT2D eigenvalue weighted by atomic mass is 9.48. The maximum absolute atomic E-state index is 4.49. The first-order valence-corrected chi connectivity index (χ1v) is 9.56. The summed E-state index contributed by atoms with van der Waals surface area (Å²) in [5.41, 5.74) is 0.657. The van der Waals surface area contributed by atoms with Crippen molar-refractivity contribution in [1.29, 1.82) is 0 Å². The Morgan fingerprint density at radius 1 is 1.19 bits per heavy atom. The smallest absolute Gasteiger partial charge is 0.126 e. The third-order valence-corrected chi connectivity index (χ3v) is 6.66. The van der Waals surface area contributed by atoms with E-state index in [0.29, 0.717) is 11.5 Å². The third-order valence-electron chi connectivity index (χ3n) is 6.03. The Hall–Kier alpha value is -0.320. The van der Waals surface area contributed by atoms with Crippen LogP contribution in [-0.4, -0.2) is 11.0 Å². The molecule has 4 bridgehead atoms. The Balaban J connectivity index is 1.42. The minimum Gasteiger partial charge on any atom is -0.368 e. The van der Waals surface area contributed by atoms with E-state index >= 15 is 0 Å². The lowest BCUT2D eigenvalue weighted by Crippen LogP contribution is -2.47. The molecule has 1 heterocycles. The zero-order valence-corrected chi connectivity index (χ0v) is 15.0. The number of hydrogen-bond acceptors (Lipinski definition) is 2. The van der Waals surface area contributed by atoms with E-state index < -0.39 is 0 Å². The monoisotopic (exact) mass is 396 g/mol. The normalized spacial score (nSPS) is 38.5. The molecule has 0 saturated heterocycles. The van der Waals surface area contributed by atoms with Crippen LogP contribution in [0.15, 0.2) is 18.3 Å². The van der Waals surface area contributed by atoms with Gasteiger partial charge in [0.1, 0.15) is 5.82 Å². The van der Waals surface area contributed by atoms with Gasteiger partial charge in [0, 0.05) is 15.8 Å². The molecule has 0 amide bonds. The SMILES string of the molecule is CC(CC12CC3CC(CC(C3)C1)C2)Nc1ccc(I)cn1. The molecule has 5 rings (SSSR count). The molecule has 4 aliphatic carbocycles. The summed E-state index contributed by atoms with van der Waals surface area (Å²) >= 11 is 2.31. The zero-order valence-electron chi connectivity index (χ0n) is 12.8. The average Bonchev–Trinajstić information content (AvgIpc) is 2.39. The highest BCUT2D eigenvalue weighted by atomic mass is 127. The molecular formula is C18H25IN2. The van der Waals surface area contributed by atoms with Gasteiger partial charge < -0.3 is 5.32 Å². The van der Waals surface area contributed by atoms with E-state index in [0.717, 1.165) is 23.6 Å². The van der Waals surface area contributed by atoms with Gasteiger partial charge >= 0.3 is 0 Å². The first kappa shape index (κ1) is 14.3. The van der Waals surface area contributed by atoms with Crippen LogP contribution in [-0.2, 0) is 0 Å². The fourth-order valence-corrected chi connectivity index (χ4v) is 6.27. The van der Waals surface area contributed by atoms with Crippen LogP contribution in [0, 0.1) is 26.7 Å². The lowest BCUT2D eigenvalue weighted by Gasteiger charge is -2.57. The molecule has 4 saturated carbocycles. The number of anilines is 1. The number of nitrogens with zero attached hydrogens (tertiary/aromatic N) is 1. The molecule has 0 spiro atoms. The number of halogens is 1. The van der Waals surface area contributed by atoms with Crippen LogP contribution in [0.25, 0.3) is 0 Å². The molecule has 4 aliphatic rings. The number of nitrogens with one attached hydrogen (secondary N) is 1. The highest BCUT2D eigenvalue weighted by Gasteiger charge is 2.50. The van der Waals surface area contributed by atoms with Crippen LogP contribution in [0.3, 0.4) is 0 Å². The molecule has 1 N–H and O–H groups in total. The maximum atomic E-state index is 4.49. The first-order chi connectivity index (χ1) is 10.1. The second-order valence-electron chi connectivity index (χ2n) is 8.03. The molecule has 1 atom stereocenters. The van der Waals surface area contributed by atoms with E-state index in [9.17, 15) is 0 Å². The fourth-order valence-electron chi connectivity index (χ4n) is 5.95. The second-order valence-corrected chi connectivity index (χ2v) is 9.27. The average molecular weight is 396 g/mol. The van der Waals surface area contributed by atoms with Gasteiger partial charge in [-0.15, -0.1) is 0 Å². The predicted molar refractivity (Wildman–Crippen MR) is 95.3 cm³/mol. The zero-order chi connectivity index (χ0) is 14.4. The Kier molecular flexibility index (Phi) is 3.67. The van der Waals surface area contributed by atoms with E-state index in [2.05, 4.69) is 51.9 Å². The van der Waals surface area contributed by atoms with Crippen LogP contribution in [0.2, 0.25) is 0 Å².